The van der Waals surface area contributed by atoms with Crippen LogP contribution in [0.2, 0.25) is 10.0 Å². The molecule has 0 spiro atoms. The number of nitrogens with one attached hydrogen (secondary N) is 1. The molecule has 1 N–H and O–H groups in total. The van der Waals surface area contributed by atoms with Crippen LogP contribution in [0, 0.1) is 6.92 Å². The summed E-state index contributed by atoms with van der Waals surface area (Å²) in [5.74, 6) is -1.64. The molecule has 2 amide bonds. The third-order valence-corrected chi connectivity index (χ3v) is 8.09. The van der Waals surface area contributed by atoms with Gasteiger partial charge in [0.2, 0.25) is 5.91 Å². The Morgan fingerprint density at radius 1 is 1.10 bits per heavy atom. The van der Waals surface area contributed by atoms with Crippen molar-refractivity contribution in [1.29, 1.82) is 0 Å². The Kier molecular flexibility index (Phi) is 10.2. The summed E-state index contributed by atoms with van der Waals surface area (Å²) in [6.07, 6.45) is -4.62. The first-order chi connectivity index (χ1) is 19.9. The van der Waals surface area contributed by atoms with E-state index in [0.717, 1.165) is 60.7 Å². The minimum atomic E-state index is -4.89. The van der Waals surface area contributed by atoms with Gasteiger partial charge in [0.1, 0.15) is 16.7 Å². The molecule has 0 radical (unpaired) electrons. The van der Waals surface area contributed by atoms with E-state index >= 15 is 0 Å². The van der Waals surface area contributed by atoms with E-state index in [1.165, 1.54) is 7.11 Å². The highest BCUT2D eigenvalue weighted by molar-refractivity contribution is 7.08. The van der Waals surface area contributed by atoms with Crippen molar-refractivity contribution < 1.29 is 36.6 Å². The molecule has 1 unspecified atom stereocenters. The lowest BCUT2D eigenvalue weighted by Gasteiger charge is -2.33. The SMILES string of the molecule is COc1ccc(C(C(=O)NC2CCCCC2)N(C(=O)c2snnc2C)c2cc(Cl)c(OC(F)(F)C(F)F)c(Cl)c2)cc1. The average molecular weight is 649 g/mol. The quantitative estimate of drug-likeness (QED) is 0.233. The Hall–Kier alpha value is -3.16. The van der Waals surface area contributed by atoms with Gasteiger partial charge in [0.25, 0.3) is 5.91 Å². The second-order valence-electron chi connectivity index (χ2n) is 9.58. The largest absolute Gasteiger partial charge is 0.497 e. The summed E-state index contributed by atoms with van der Waals surface area (Å²) in [5.41, 5.74) is 0.574. The number of hydrogen-bond donors (Lipinski definition) is 1. The van der Waals surface area contributed by atoms with Gasteiger partial charge in [0.15, 0.2) is 5.75 Å². The molecule has 4 rings (SSSR count). The van der Waals surface area contributed by atoms with Gasteiger partial charge in [0.05, 0.1) is 22.8 Å². The standard InChI is InChI=1S/C27H26Cl2F4N4O4S/c1-14-23(42-36-35-14)25(39)37(17-12-19(28)22(20(29)13-17)41-27(32,33)26(30)31)21(15-8-10-18(40-2)11-9-15)24(38)34-16-6-4-3-5-7-16/h8-13,16,21,26H,3-7H2,1-2H3,(H,34,38). The summed E-state index contributed by atoms with van der Waals surface area (Å²) in [5, 5.41) is 5.75. The zero-order valence-corrected chi connectivity index (χ0v) is 24.7. The Morgan fingerprint density at radius 3 is 2.24 bits per heavy atom. The first kappa shape index (κ1) is 31.8. The Bertz CT molecular complexity index is 1400. The number of halogens is 6. The molecule has 0 bridgehead atoms. The van der Waals surface area contributed by atoms with Crippen molar-refractivity contribution in [3.05, 3.63) is 62.6 Å². The molecule has 1 aromatic heterocycles. The van der Waals surface area contributed by atoms with Crippen LogP contribution in [0.4, 0.5) is 23.2 Å². The smallest absolute Gasteiger partial charge is 0.461 e. The van der Waals surface area contributed by atoms with Gasteiger partial charge < -0.3 is 14.8 Å². The Morgan fingerprint density at radius 2 is 1.71 bits per heavy atom. The molecule has 226 valence electrons. The lowest BCUT2D eigenvalue weighted by Crippen LogP contribution is -2.47. The molecule has 1 aliphatic carbocycles. The van der Waals surface area contributed by atoms with Crippen LogP contribution < -0.4 is 19.7 Å². The van der Waals surface area contributed by atoms with Crippen LogP contribution in [0.3, 0.4) is 0 Å². The van der Waals surface area contributed by atoms with E-state index in [4.69, 9.17) is 27.9 Å². The van der Waals surface area contributed by atoms with Crippen molar-refractivity contribution >= 4 is 52.2 Å². The summed E-state index contributed by atoms with van der Waals surface area (Å²) in [6, 6.07) is 7.07. The van der Waals surface area contributed by atoms with Crippen molar-refractivity contribution in [2.24, 2.45) is 0 Å². The number of ether oxygens (including phenoxy) is 2. The summed E-state index contributed by atoms with van der Waals surface area (Å²) < 4.78 is 66.3. The second-order valence-corrected chi connectivity index (χ2v) is 11.2. The lowest BCUT2D eigenvalue weighted by molar-refractivity contribution is -0.253. The number of methoxy groups -OCH3 is 1. The number of aryl methyl sites for hydroxylation is 1. The lowest BCUT2D eigenvalue weighted by atomic mass is 9.94. The van der Waals surface area contributed by atoms with E-state index in [1.807, 2.05) is 0 Å². The molecule has 0 aliphatic heterocycles. The number of benzene rings is 2. The Balaban J connectivity index is 1.86. The van der Waals surface area contributed by atoms with Gasteiger partial charge in [-0.1, -0.05) is 59.1 Å². The number of carbonyl (C=O) groups excluding carboxylic acids is 2. The van der Waals surface area contributed by atoms with Crippen LogP contribution in [0.1, 0.15) is 59.1 Å². The highest BCUT2D eigenvalue weighted by atomic mass is 35.5. The van der Waals surface area contributed by atoms with E-state index in [2.05, 4.69) is 19.6 Å². The van der Waals surface area contributed by atoms with Gasteiger partial charge in [-0.05, 0) is 61.1 Å². The predicted octanol–water partition coefficient (Wildman–Crippen LogP) is 7.24. The molecule has 1 aliphatic rings. The van der Waals surface area contributed by atoms with Gasteiger partial charge in [-0.2, -0.15) is 17.6 Å². The van der Waals surface area contributed by atoms with Crippen molar-refractivity contribution in [1.82, 2.24) is 14.9 Å². The van der Waals surface area contributed by atoms with Gasteiger partial charge in [-0.15, -0.1) is 5.10 Å². The molecule has 0 saturated heterocycles. The topological polar surface area (TPSA) is 93.7 Å². The van der Waals surface area contributed by atoms with E-state index in [1.54, 1.807) is 31.2 Å². The minimum absolute atomic E-state index is 0.0878. The van der Waals surface area contributed by atoms with Crippen molar-refractivity contribution in [2.75, 3.05) is 12.0 Å². The number of anilines is 1. The number of nitrogens with zero attached hydrogens (tertiary/aromatic N) is 3. The molecule has 1 fully saturated rings. The van der Waals surface area contributed by atoms with Crippen molar-refractivity contribution in [3.63, 3.8) is 0 Å². The number of rotatable bonds is 10. The monoisotopic (exact) mass is 648 g/mol. The third-order valence-electron chi connectivity index (χ3n) is 6.71. The molecule has 2 aromatic carbocycles. The summed E-state index contributed by atoms with van der Waals surface area (Å²) >= 11 is 13.2. The van der Waals surface area contributed by atoms with Gasteiger partial charge in [-0.3, -0.25) is 14.5 Å². The molecular weight excluding hydrogens is 623 g/mol. The fourth-order valence-electron chi connectivity index (χ4n) is 4.62. The van der Waals surface area contributed by atoms with Crippen molar-refractivity contribution in [2.45, 2.75) is 63.6 Å². The van der Waals surface area contributed by atoms with Crippen LogP contribution in [0.15, 0.2) is 36.4 Å². The summed E-state index contributed by atoms with van der Waals surface area (Å²) in [7, 11) is 1.48. The fourth-order valence-corrected chi connectivity index (χ4v) is 5.76. The molecule has 3 aromatic rings. The maximum absolute atomic E-state index is 14.1. The predicted molar refractivity (Wildman–Crippen MR) is 150 cm³/mol. The van der Waals surface area contributed by atoms with E-state index < -0.39 is 46.2 Å². The molecule has 15 heteroatoms. The van der Waals surface area contributed by atoms with Gasteiger partial charge in [0, 0.05) is 11.7 Å². The Labute approximate surface area is 253 Å². The highest BCUT2D eigenvalue weighted by Crippen LogP contribution is 2.43. The summed E-state index contributed by atoms with van der Waals surface area (Å²) in [6.45, 7) is 1.56. The normalized spacial score (nSPS) is 14.9. The van der Waals surface area contributed by atoms with Crippen LogP contribution in [0.5, 0.6) is 11.5 Å². The van der Waals surface area contributed by atoms with E-state index in [9.17, 15) is 27.2 Å². The maximum Gasteiger partial charge on any atom is 0.461 e. The minimum Gasteiger partial charge on any atom is -0.497 e. The first-order valence-electron chi connectivity index (χ1n) is 12.8. The highest BCUT2D eigenvalue weighted by Gasteiger charge is 2.45. The molecular formula is C27H26Cl2F4N4O4S. The number of carbonyl (C=O) groups is 2. The van der Waals surface area contributed by atoms with Crippen LogP contribution in [0.25, 0.3) is 0 Å². The molecule has 1 atom stereocenters. The molecule has 42 heavy (non-hydrogen) atoms. The van der Waals surface area contributed by atoms with Crippen molar-refractivity contribution in [3.8, 4) is 11.5 Å². The molecule has 8 nitrogen and oxygen atoms in total. The van der Waals surface area contributed by atoms with Crippen LogP contribution in [-0.4, -0.2) is 47.1 Å². The molecule has 1 heterocycles. The van der Waals surface area contributed by atoms with E-state index in [0.29, 0.717) is 11.3 Å². The zero-order chi connectivity index (χ0) is 30.6. The third kappa shape index (κ3) is 7.07. The maximum atomic E-state index is 14.1. The second kappa shape index (κ2) is 13.4. The van der Waals surface area contributed by atoms with Crippen LogP contribution in [-0.2, 0) is 4.79 Å². The summed E-state index contributed by atoms with van der Waals surface area (Å²) in [4.78, 5) is 29.3. The van der Waals surface area contributed by atoms with Gasteiger partial charge in [-0.25, -0.2) is 0 Å². The molecule has 1 saturated carbocycles. The average Bonchev–Trinajstić information content (AvgIpc) is 3.39. The number of hydrogen-bond acceptors (Lipinski definition) is 7. The van der Waals surface area contributed by atoms with Gasteiger partial charge >= 0.3 is 12.5 Å². The fraction of sp³-hybridized carbons (Fsp3) is 0.407. The van der Waals surface area contributed by atoms with Crippen LogP contribution >= 0.6 is 34.7 Å². The van der Waals surface area contributed by atoms with E-state index in [-0.39, 0.29) is 22.3 Å². The number of alkyl halides is 4. The number of amides is 2. The zero-order valence-electron chi connectivity index (χ0n) is 22.4. The number of aromatic nitrogens is 2. The first-order valence-corrected chi connectivity index (χ1v) is 14.4.